The second kappa shape index (κ2) is 8.75. The number of anilines is 1. The van der Waals surface area contributed by atoms with Gasteiger partial charge in [-0.05, 0) is 85.7 Å². The number of fused-ring (bicyclic) bond motifs is 1. The number of aryl methyl sites for hydroxylation is 2. The van der Waals surface area contributed by atoms with Crippen molar-refractivity contribution in [2.75, 3.05) is 5.32 Å². The molecule has 0 atom stereocenters. The lowest BCUT2D eigenvalue weighted by atomic mass is 10.1. The van der Waals surface area contributed by atoms with Gasteiger partial charge in [0.05, 0.1) is 11.0 Å². The number of hydrazine groups is 1. The topological polar surface area (TPSA) is 81.8 Å². The van der Waals surface area contributed by atoms with E-state index in [2.05, 4.69) is 52.1 Å². The van der Waals surface area contributed by atoms with Crippen LogP contribution in [-0.2, 0) is 0 Å². The Morgan fingerprint density at radius 2 is 1.65 bits per heavy atom. The summed E-state index contributed by atoms with van der Waals surface area (Å²) in [5.41, 5.74) is 11.8. The quantitative estimate of drug-likeness (QED) is 0.257. The molecular formula is C23H20ClN5OS. The van der Waals surface area contributed by atoms with E-state index in [0.717, 1.165) is 28.1 Å². The summed E-state index contributed by atoms with van der Waals surface area (Å²) in [5.74, 6) is 0.459. The summed E-state index contributed by atoms with van der Waals surface area (Å²) in [5, 5.41) is 3.86. The number of rotatable bonds is 3. The maximum Gasteiger partial charge on any atom is 0.269 e. The van der Waals surface area contributed by atoms with Crippen LogP contribution < -0.4 is 16.2 Å². The maximum atomic E-state index is 12.4. The van der Waals surface area contributed by atoms with Crippen LogP contribution in [0.2, 0.25) is 5.02 Å². The van der Waals surface area contributed by atoms with Crippen LogP contribution in [0.15, 0.2) is 60.7 Å². The molecule has 0 fully saturated rings. The maximum absolute atomic E-state index is 12.4. The first kappa shape index (κ1) is 20.8. The first-order valence-corrected chi connectivity index (χ1v) is 10.4. The van der Waals surface area contributed by atoms with Gasteiger partial charge in [-0.25, -0.2) is 4.98 Å². The molecule has 0 aliphatic carbocycles. The molecule has 4 aromatic rings. The Morgan fingerprint density at radius 1 is 0.968 bits per heavy atom. The van der Waals surface area contributed by atoms with Crippen LogP contribution in [-0.4, -0.2) is 21.0 Å². The Hall–Kier alpha value is -3.42. The molecule has 3 aromatic carbocycles. The number of H-pyrrole nitrogens is 1. The van der Waals surface area contributed by atoms with Gasteiger partial charge in [-0.3, -0.25) is 15.6 Å². The van der Waals surface area contributed by atoms with Crippen molar-refractivity contribution in [1.82, 2.24) is 20.8 Å². The number of nitrogens with zero attached hydrogens (tertiary/aromatic N) is 1. The smallest absolute Gasteiger partial charge is 0.269 e. The molecule has 4 rings (SSSR count). The highest BCUT2D eigenvalue weighted by Crippen LogP contribution is 2.23. The molecule has 0 radical (unpaired) electrons. The highest BCUT2D eigenvalue weighted by molar-refractivity contribution is 7.80. The fourth-order valence-corrected chi connectivity index (χ4v) is 3.36. The molecule has 1 aromatic heterocycles. The van der Waals surface area contributed by atoms with E-state index in [4.69, 9.17) is 23.8 Å². The molecule has 8 heteroatoms. The normalized spacial score (nSPS) is 10.7. The zero-order valence-corrected chi connectivity index (χ0v) is 18.5. The monoisotopic (exact) mass is 449 g/mol. The van der Waals surface area contributed by atoms with Crippen molar-refractivity contribution >= 4 is 51.6 Å². The van der Waals surface area contributed by atoms with Crippen molar-refractivity contribution < 1.29 is 4.79 Å². The minimum Gasteiger partial charge on any atom is -0.338 e. The summed E-state index contributed by atoms with van der Waals surface area (Å²) in [4.78, 5) is 20.4. The van der Waals surface area contributed by atoms with Crippen LogP contribution in [0, 0.1) is 13.8 Å². The van der Waals surface area contributed by atoms with Gasteiger partial charge in [0.15, 0.2) is 5.11 Å². The fourth-order valence-electron chi connectivity index (χ4n) is 3.07. The van der Waals surface area contributed by atoms with Gasteiger partial charge in [-0.15, -0.1) is 0 Å². The molecule has 6 nitrogen and oxygen atoms in total. The molecule has 31 heavy (non-hydrogen) atoms. The Bertz CT molecular complexity index is 1230. The second-order valence-corrected chi connectivity index (χ2v) is 8.00. The molecule has 0 saturated heterocycles. The van der Waals surface area contributed by atoms with Gasteiger partial charge < -0.3 is 10.3 Å². The van der Waals surface area contributed by atoms with E-state index < -0.39 is 0 Å². The highest BCUT2D eigenvalue weighted by atomic mass is 35.5. The number of aromatic amines is 1. The van der Waals surface area contributed by atoms with Crippen LogP contribution in [0.4, 0.5) is 5.69 Å². The predicted octanol–water partition coefficient (Wildman–Crippen LogP) is 5.13. The summed E-state index contributed by atoms with van der Waals surface area (Å²) in [7, 11) is 0. The van der Waals surface area contributed by atoms with Crippen molar-refractivity contribution in [3.63, 3.8) is 0 Å². The third kappa shape index (κ3) is 4.84. The van der Waals surface area contributed by atoms with E-state index >= 15 is 0 Å². The molecule has 0 aliphatic heterocycles. The van der Waals surface area contributed by atoms with Crippen molar-refractivity contribution in [2.24, 2.45) is 0 Å². The lowest BCUT2D eigenvalue weighted by Crippen LogP contribution is -2.43. The van der Waals surface area contributed by atoms with E-state index in [1.165, 1.54) is 11.1 Å². The Morgan fingerprint density at radius 3 is 2.35 bits per heavy atom. The van der Waals surface area contributed by atoms with Gasteiger partial charge in [0.1, 0.15) is 5.82 Å². The molecule has 1 amide bonds. The number of aromatic nitrogens is 2. The number of halogens is 1. The molecule has 0 spiro atoms. The first-order chi connectivity index (χ1) is 14.9. The van der Waals surface area contributed by atoms with Gasteiger partial charge in [0.25, 0.3) is 5.91 Å². The lowest BCUT2D eigenvalue weighted by Gasteiger charge is -2.11. The number of hydrogen-bond acceptors (Lipinski definition) is 3. The van der Waals surface area contributed by atoms with Crippen LogP contribution in [0.3, 0.4) is 0 Å². The molecule has 0 saturated carbocycles. The van der Waals surface area contributed by atoms with E-state index in [9.17, 15) is 4.79 Å². The van der Waals surface area contributed by atoms with Crippen LogP contribution in [0.25, 0.3) is 22.4 Å². The molecule has 1 heterocycles. The Labute approximate surface area is 190 Å². The van der Waals surface area contributed by atoms with Gasteiger partial charge >= 0.3 is 0 Å². The predicted molar refractivity (Wildman–Crippen MR) is 129 cm³/mol. The van der Waals surface area contributed by atoms with Crippen molar-refractivity contribution in [3.8, 4) is 11.4 Å². The average molecular weight is 450 g/mol. The number of benzene rings is 3. The summed E-state index contributed by atoms with van der Waals surface area (Å²) < 4.78 is 0. The number of carbonyl (C=O) groups excluding carboxylic acids is 1. The van der Waals surface area contributed by atoms with Crippen LogP contribution in [0.5, 0.6) is 0 Å². The summed E-state index contributed by atoms with van der Waals surface area (Å²) >= 11 is 11.1. The van der Waals surface area contributed by atoms with Crippen molar-refractivity contribution in [2.45, 2.75) is 13.8 Å². The Balaban J connectivity index is 1.39. The van der Waals surface area contributed by atoms with Gasteiger partial charge in [-0.2, -0.15) is 0 Å². The van der Waals surface area contributed by atoms with E-state index in [1.807, 2.05) is 12.1 Å². The van der Waals surface area contributed by atoms with E-state index in [0.29, 0.717) is 10.6 Å². The number of hydrogen-bond donors (Lipinski definition) is 4. The third-order valence-corrected chi connectivity index (χ3v) is 5.37. The minimum atomic E-state index is -0.303. The van der Waals surface area contributed by atoms with Gasteiger partial charge in [0, 0.05) is 21.8 Å². The molecule has 156 valence electrons. The molecular weight excluding hydrogens is 430 g/mol. The number of carbonyl (C=O) groups is 1. The summed E-state index contributed by atoms with van der Waals surface area (Å²) in [6, 6.07) is 18.4. The zero-order chi connectivity index (χ0) is 22.0. The molecule has 0 bridgehead atoms. The third-order valence-electron chi connectivity index (χ3n) is 4.91. The SMILES string of the molecule is Cc1cc2nc(-c3ccc(C(=O)NNC(=S)Nc4ccc(Cl)cc4)cc3)[nH]c2cc1C. The number of amides is 1. The van der Waals surface area contributed by atoms with Crippen molar-refractivity contribution in [1.29, 1.82) is 0 Å². The van der Waals surface area contributed by atoms with Crippen LogP contribution in [0.1, 0.15) is 21.5 Å². The van der Waals surface area contributed by atoms with E-state index in [1.54, 1.807) is 36.4 Å². The second-order valence-electron chi connectivity index (χ2n) is 7.16. The number of nitrogens with one attached hydrogen (secondary N) is 4. The van der Waals surface area contributed by atoms with Crippen LogP contribution >= 0.6 is 23.8 Å². The highest BCUT2D eigenvalue weighted by Gasteiger charge is 2.10. The van der Waals surface area contributed by atoms with Gasteiger partial charge in [0.2, 0.25) is 0 Å². The number of thiocarbonyl (C=S) groups is 1. The molecule has 0 unspecified atom stereocenters. The minimum absolute atomic E-state index is 0.264. The standard InChI is InChI=1S/C23H20ClN5OS/c1-13-11-19-20(12-14(13)2)27-21(26-19)15-3-5-16(6-4-15)22(30)28-29-23(31)25-18-9-7-17(24)8-10-18/h3-12H,1-2H3,(H,26,27)(H,28,30)(H2,25,29,31). The zero-order valence-electron chi connectivity index (χ0n) is 16.9. The number of imidazole rings is 1. The van der Waals surface area contributed by atoms with Crippen molar-refractivity contribution in [3.05, 3.63) is 82.4 Å². The molecule has 0 aliphatic rings. The summed E-state index contributed by atoms with van der Waals surface area (Å²) in [6.07, 6.45) is 0. The Kier molecular flexibility index (Phi) is 5.88. The van der Waals surface area contributed by atoms with Gasteiger partial charge in [-0.1, -0.05) is 23.7 Å². The average Bonchev–Trinajstić information content (AvgIpc) is 3.16. The lowest BCUT2D eigenvalue weighted by molar-refractivity contribution is 0.0944. The first-order valence-electron chi connectivity index (χ1n) is 9.59. The summed E-state index contributed by atoms with van der Waals surface area (Å²) in [6.45, 7) is 4.15. The largest absolute Gasteiger partial charge is 0.338 e. The molecule has 4 N–H and O–H groups in total. The fraction of sp³-hybridized carbons (Fsp3) is 0.0870. The van der Waals surface area contributed by atoms with E-state index in [-0.39, 0.29) is 11.0 Å².